The zero-order valence-corrected chi connectivity index (χ0v) is 25.8. The first-order valence-corrected chi connectivity index (χ1v) is 15.1. The molecular formula is C31H19Cl2N5O4S2. The lowest BCUT2D eigenvalue weighted by molar-refractivity contribution is -0.387. The number of nitrogens with one attached hydrogen (secondary N) is 2. The molecule has 13 heteroatoms. The highest BCUT2D eigenvalue weighted by atomic mass is 35.5. The molecule has 0 unspecified atom stereocenters. The maximum absolute atomic E-state index is 12.8. The second-order valence-corrected chi connectivity index (χ2v) is 12.4. The Morgan fingerprint density at radius 2 is 1.82 bits per heavy atom. The molecule has 0 atom stereocenters. The number of nitriles is 1. The van der Waals surface area contributed by atoms with E-state index >= 15 is 0 Å². The van der Waals surface area contributed by atoms with Gasteiger partial charge in [-0.1, -0.05) is 47.1 Å². The van der Waals surface area contributed by atoms with E-state index in [0.717, 1.165) is 16.5 Å². The fourth-order valence-corrected chi connectivity index (χ4v) is 6.47. The highest BCUT2D eigenvalue weighted by Gasteiger charge is 2.19. The molecule has 5 rings (SSSR count). The van der Waals surface area contributed by atoms with E-state index in [2.05, 4.69) is 15.6 Å². The van der Waals surface area contributed by atoms with E-state index in [4.69, 9.17) is 23.2 Å². The Morgan fingerprint density at radius 3 is 2.55 bits per heavy atom. The number of hydrogen-bond donors (Lipinski definition) is 2. The minimum Gasteiger partial charge on any atom is -0.322 e. The van der Waals surface area contributed by atoms with Crippen LogP contribution in [-0.2, 0) is 4.79 Å². The Kier molecular flexibility index (Phi) is 9.27. The quantitative estimate of drug-likeness (QED) is 0.0734. The van der Waals surface area contributed by atoms with Crippen LogP contribution in [0.4, 0.5) is 17.1 Å². The maximum atomic E-state index is 12.8. The van der Waals surface area contributed by atoms with Gasteiger partial charge in [0.15, 0.2) is 4.34 Å². The highest BCUT2D eigenvalue weighted by molar-refractivity contribution is 8.01. The SMILES string of the molecule is Cc1c(Cl)cccc1NC(=O)/C(C#N)=C/c1ccc(Sc2nc3ccc(NC(=O)c4ccc(Cl)cc4)cc3s2)c([N+](=O)[O-])c1. The van der Waals surface area contributed by atoms with Gasteiger partial charge < -0.3 is 10.6 Å². The summed E-state index contributed by atoms with van der Waals surface area (Å²) in [5.41, 5.74) is 2.66. The molecule has 0 spiro atoms. The van der Waals surface area contributed by atoms with Gasteiger partial charge >= 0.3 is 0 Å². The van der Waals surface area contributed by atoms with Gasteiger partial charge in [-0.15, -0.1) is 11.3 Å². The Bertz CT molecular complexity index is 2020. The van der Waals surface area contributed by atoms with Crippen LogP contribution in [0.5, 0.6) is 0 Å². The third-order valence-corrected chi connectivity index (χ3v) is 9.11. The van der Waals surface area contributed by atoms with Gasteiger partial charge in [0.1, 0.15) is 11.6 Å². The second kappa shape index (κ2) is 13.3. The van der Waals surface area contributed by atoms with Crippen LogP contribution in [0, 0.1) is 28.4 Å². The smallest absolute Gasteiger partial charge is 0.283 e. The van der Waals surface area contributed by atoms with Crippen molar-refractivity contribution >= 4 is 91.5 Å². The largest absolute Gasteiger partial charge is 0.322 e. The predicted molar refractivity (Wildman–Crippen MR) is 175 cm³/mol. The number of benzene rings is 4. The van der Waals surface area contributed by atoms with Crippen LogP contribution in [0.1, 0.15) is 21.5 Å². The van der Waals surface area contributed by atoms with Crippen molar-refractivity contribution in [3.8, 4) is 6.07 Å². The van der Waals surface area contributed by atoms with Gasteiger partial charge in [0, 0.05) is 33.0 Å². The third-order valence-electron chi connectivity index (χ3n) is 6.30. The number of thiazole rings is 1. The molecule has 0 aliphatic carbocycles. The van der Waals surface area contributed by atoms with Crippen LogP contribution >= 0.6 is 46.3 Å². The molecule has 44 heavy (non-hydrogen) atoms. The summed E-state index contributed by atoms with van der Waals surface area (Å²) in [7, 11) is 0. The standard InChI is InChI=1S/C31H19Cl2N5O4S2/c1-17-23(33)3-2-4-24(17)36-30(40)20(16-34)13-18-5-12-27(26(14-18)38(41)42)43-31-37-25-11-10-22(15-28(25)44-31)35-29(39)19-6-8-21(32)9-7-19/h2-15H,1H3,(H,35,39)(H,36,40)/b20-13+. The molecule has 4 aromatic carbocycles. The number of nitro groups is 1. The summed E-state index contributed by atoms with van der Waals surface area (Å²) < 4.78 is 1.34. The fourth-order valence-electron chi connectivity index (χ4n) is 4.02. The van der Waals surface area contributed by atoms with Crippen molar-refractivity contribution in [1.29, 1.82) is 5.26 Å². The first-order valence-electron chi connectivity index (χ1n) is 12.7. The number of hydrogen-bond acceptors (Lipinski definition) is 8. The van der Waals surface area contributed by atoms with E-state index in [1.165, 1.54) is 23.5 Å². The Morgan fingerprint density at radius 1 is 1.05 bits per heavy atom. The number of nitro benzene ring substituents is 1. The summed E-state index contributed by atoms with van der Waals surface area (Å²) in [5.74, 6) is -0.960. The van der Waals surface area contributed by atoms with E-state index in [9.17, 15) is 25.0 Å². The molecule has 0 aliphatic heterocycles. The minimum absolute atomic E-state index is 0.206. The Labute approximate surface area is 269 Å². The molecule has 0 radical (unpaired) electrons. The Balaban J connectivity index is 1.34. The van der Waals surface area contributed by atoms with Crippen LogP contribution in [0.25, 0.3) is 16.3 Å². The van der Waals surface area contributed by atoms with E-state index in [-0.39, 0.29) is 17.2 Å². The molecule has 0 aliphatic rings. The van der Waals surface area contributed by atoms with Crippen molar-refractivity contribution in [2.24, 2.45) is 0 Å². The van der Waals surface area contributed by atoms with Gasteiger partial charge in [-0.25, -0.2) is 4.98 Å². The molecule has 1 heterocycles. The van der Waals surface area contributed by atoms with Gasteiger partial charge in [0.05, 0.1) is 20.0 Å². The molecule has 0 fully saturated rings. The van der Waals surface area contributed by atoms with Crippen LogP contribution in [-0.4, -0.2) is 21.7 Å². The van der Waals surface area contributed by atoms with Crippen molar-refractivity contribution in [3.05, 3.63) is 121 Å². The van der Waals surface area contributed by atoms with E-state index < -0.39 is 10.8 Å². The number of nitrogens with zero attached hydrogens (tertiary/aromatic N) is 3. The lowest BCUT2D eigenvalue weighted by Crippen LogP contribution is -2.14. The maximum Gasteiger partial charge on any atom is 0.283 e. The summed E-state index contributed by atoms with van der Waals surface area (Å²) >= 11 is 14.5. The second-order valence-electron chi connectivity index (χ2n) is 9.25. The molecule has 5 aromatic rings. The van der Waals surface area contributed by atoms with Crippen LogP contribution in [0.2, 0.25) is 10.0 Å². The van der Waals surface area contributed by atoms with Crippen LogP contribution in [0.3, 0.4) is 0 Å². The number of halogens is 2. The monoisotopic (exact) mass is 659 g/mol. The summed E-state index contributed by atoms with van der Waals surface area (Å²) in [4.78, 5) is 41.7. The van der Waals surface area contributed by atoms with Crippen molar-refractivity contribution in [1.82, 2.24) is 4.98 Å². The van der Waals surface area contributed by atoms with Crippen LogP contribution in [0.15, 0.2) is 93.7 Å². The van der Waals surface area contributed by atoms with Gasteiger partial charge in [-0.05, 0) is 84.8 Å². The lowest BCUT2D eigenvalue weighted by Gasteiger charge is -2.09. The molecule has 9 nitrogen and oxygen atoms in total. The van der Waals surface area contributed by atoms with Crippen molar-refractivity contribution < 1.29 is 14.5 Å². The first-order chi connectivity index (χ1) is 21.1. The van der Waals surface area contributed by atoms with E-state index in [1.807, 2.05) is 6.07 Å². The van der Waals surface area contributed by atoms with Crippen molar-refractivity contribution in [2.45, 2.75) is 16.2 Å². The average molecular weight is 661 g/mol. The number of carbonyl (C=O) groups is 2. The molecule has 2 N–H and O–H groups in total. The number of anilines is 2. The number of fused-ring (bicyclic) bond motifs is 1. The number of amides is 2. The molecule has 0 saturated heterocycles. The fraction of sp³-hybridized carbons (Fsp3) is 0.0323. The third kappa shape index (κ3) is 7.07. The first kappa shape index (κ1) is 30.7. The number of carbonyl (C=O) groups excluding carboxylic acids is 2. The number of aromatic nitrogens is 1. The zero-order valence-electron chi connectivity index (χ0n) is 22.6. The van der Waals surface area contributed by atoms with E-state index in [0.29, 0.717) is 52.9 Å². The number of rotatable bonds is 8. The summed E-state index contributed by atoms with van der Waals surface area (Å²) in [6.45, 7) is 1.73. The van der Waals surface area contributed by atoms with Gasteiger partial charge in [0.2, 0.25) is 0 Å². The predicted octanol–water partition coefficient (Wildman–Crippen LogP) is 8.77. The summed E-state index contributed by atoms with van der Waals surface area (Å²) in [6.07, 6.45) is 1.29. The van der Waals surface area contributed by atoms with Crippen molar-refractivity contribution in [3.63, 3.8) is 0 Å². The molecular weight excluding hydrogens is 641 g/mol. The topological polar surface area (TPSA) is 138 Å². The molecule has 218 valence electrons. The molecule has 0 bridgehead atoms. The molecule has 1 aromatic heterocycles. The van der Waals surface area contributed by atoms with E-state index in [1.54, 1.807) is 79.7 Å². The highest BCUT2D eigenvalue weighted by Crippen LogP contribution is 2.40. The van der Waals surface area contributed by atoms with Gasteiger partial charge in [-0.2, -0.15) is 5.26 Å². The summed E-state index contributed by atoms with van der Waals surface area (Å²) in [6, 6.07) is 23.1. The van der Waals surface area contributed by atoms with Crippen molar-refractivity contribution in [2.75, 3.05) is 10.6 Å². The molecule has 2 amide bonds. The lowest BCUT2D eigenvalue weighted by atomic mass is 10.1. The normalized spacial score (nSPS) is 11.2. The van der Waals surface area contributed by atoms with Crippen LogP contribution < -0.4 is 10.6 Å². The Hall–Kier alpha value is -4.73. The zero-order chi connectivity index (χ0) is 31.4. The average Bonchev–Trinajstić information content (AvgIpc) is 3.40. The van der Waals surface area contributed by atoms with Gasteiger partial charge in [0.25, 0.3) is 17.5 Å². The minimum atomic E-state index is -0.669. The van der Waals surface area contributed by atoms with Gasteiger partial charge in [-0.3, -0.25) is 19.7 Å². The summed E-state index contributed by atoms with van der Waals surface area (Å²) in [5, 5.41) is 28.1. The molecule has 0 saturated carbocycles.